The standard InChI is InChI=1S/C13H18Br2N2O/c14-11-8-10(9-12(15)13(11)16)18-7-6-17-4-2-1-3-5-17/h8-9H,1-7,16H2. The average molecular weight is 378 g/mol. The van der Waals surface area contributed by atoms with Gasteiger partial charge in [-0.1, -0.05) is 6.42 Å². The monoisotopic (exact) mass is 376 g/mol. The summed E-state index contributed by atoms with van der Waals surface area (Å²) in [5.41, 5.74) is 6.55. The Labute approximate surface area is 125 Å². The molecule has 1 heterocycles. The first-order valence-electron chi connectivity index (χ1n) is 6.26. The van der Waals surface area contributed by atoms with Crippen LogP contribution in [0.4, 0.5) is 5.69 Å². The molecule has 1 aromatic rings. The number of hydrogen-bond donors (Lipinski definition) is 1. The van der Waals surface area contributed by atoms with Gasteiger partial charge in [0.05, 0.1) is 5.69 Å². The molecule has 2 N–H and O–H groups in total. The Morgan fingerprint density at radius 3 is 2.33 bits per heavy atom. The molecule has 1 aromatic carbocycles. The Kier molecular flexibility index (Phi) is 5.33. The van der Waals surface area contributed by atoms with Crippen molar-refractivity contribution >= 4 is 37.5 Å². The lowest BCUT2D eigenvalue weighted by atomic mass is 10.1. The van der Waals surface area contributed by atoms with Crippen LogP contribution in [0.1, 0.15) is 19.3 Å². The lowest BCUT2D eigenvalue weighted by Gasteiger charge is -2.26. The second-order valence-electron chi connectivity index (χ2n) is 4.55. The Balaban J connectivity index is 1.82. The predicted octanol–water partition coefficient (Wildman–Crippen LogP) is 3.66. The fraction of sp³-hybridized carbons (Fsp3) is 0.538. The molecule has 3 nitrogen and oxygen atoms in total. The number of likely N-dealkylation sites (tertiary alicyclic amines) is 1. The van der Waals surface area contributed by atoms with Crippen molar-refractivity contribution in [2.45, 2.75) is 19.3 Å². The molecule has 1 aliphatic rings. The molecule has 0 radical (unpaired) electrons. The number of nitrogens with two attached hydrogens (primary N) is 1. The lowest BCUT2D eigenvalue weighted by molar-refractivity contribution is 0.183. The van der Waals surface area contributed by atoms with E-state index in [0.717, 1.165) is 27.8 Å². The van der Waals surface area contributed by atoms with Gasteiger partial charge in [0, 0.05) is 15.5 Å². The number of nitrogen functional groups attached to an aromatic ring is 1. The van der Waals surface area contributed by atoms with E-state index in [2.05, 4.69) is 36.8 Å². The van der Waals surface area contributed by atoms with Crippen LogP contribution >= 0.6 is 31.9 Å². The number of ether oxygens (including phenoxy) is 1. The Morgan fingerprint density at radius 1 is 1.11 bits per heavy atom. The van der Waals surface area contributed by atoms with Gasteiger partial charge >= 0.3 is 0 Å². The van der Waals surface area contributed by atoms with Gasteiger partial charge in [0.2, 0.25) is 0 Å². The number of anilines is 1. The molecule has 0 unspecified atom stereocenters. The van der Waals surface area contributed by atoms with Gasteiger partial charge in [-0.2, -0.15) is 0 Å². The van der Waals surface area contributed by atoms with Crippen LogP contribution < -0.4 is 10.5 Å². The summed E-state index contributed by atoms with van der Waals surface area (Å²) >= 11 is 6.84. The number of benzene rings is 1. The molecule has 2 rings (SSSR count). The summed E-state index contributed by atoms with van der Waals surface area (Å²) in [5.74, 6) is 0.847. The maximum atomic E-state index is 5.84. The maximum absolute atomic E-state index is 5.84. The van der Waals surface area contributed by atoms with Crippen molar-refractivity contribution in [3.05, 3.63) is 21.1 Å². The minimum atomic E-state index is 0.707. The van der Waals surface area contributed by atoms with Gasteiger partial charge in [-0.15, -0.1) is 0 Å². The van der Waals surface area contributed by atoms with Crippen LogP contribution in [0.15, 0.2) is 21.1 Å². The molecule has 0 saturated carbocycles. The quantitative estimate of drug-likeness (QED) is 0.813. The van der Waals surface area contributed by atoms with Crippen LogP contribution in [0.2, 0.25) is 0 Å². The highest BCUT2D eigenvalue weighted by molar-refractivity contribution is 9.11. The molecule has 0 spiro atoms. The zero-order valence-corrected chi connectivity index (χ0v) is 13.5. The molecule has 0 bridgehead atoms. The summed E-state index contributed by atoms with van der Waals surface area (Å²) < 4.78 is 7.50. The minimum Gasteiger partial charge on any atom is -0.492 e. The van der Waals surface area contributed by atoms with Gasteiger partial charge in [-0.25, -0.2) is 0 Å². The first-order chi connectivity index (χ1) is 8.66. The summed E-state index contributed by atoms with van der Waals surface area (Å²) in [4.78, 5) is 2.46. The highest BCUT2D eigenvalue weighted by Gasteiger charge is 2.10. The normalized spacial score (nSPS) is 16.8. The number of halogens is 2. The van der Waals surface area contributed by atoms with E-state index in [4.69, 9.17) is 10.5 Å². The van der Waals surface area contributed by atoms with Crippen LogP contribution in [0.25, 0.3) is 0 Å². The number of hydrogen-bond acceptors (Lipinski definition) is 3. The number of piperidine rings is 1. The highest BCUT2D eigenvalue weighted by Crippen LogP contribution is 2.32. The molecule has 100 valence electrons. The van der Waals surface area contributed by atoms with Crippen LogP contribution in [-0.2, 0) is 0 Å². The van der Waals surface area contributed by atoms with Crippen molar-refractivity contribution in [2.75, 3.05) is 32.0 Å². The van der Waals surface area contributed by atoms with Crippen LogP contribution in [0.3, 0.4) is 0 Å². The van der Waals surface area contributed by atoms with Crippen molar-refractivity contribution in [2.24, 2.45) is 0 Å². The van der Waals surface area contributed by atoms with Gasteiger partial charge in [0.15, 0.2) is 0 Å². The van der Waals surface area contributed by atoms with Gasteiger partial charge < -0.3 is 10.5 Å². The van der Waals surface area contributed by atoms with Gasteiger partial charge in [-0.05, 0) is 69.9 Å². The molecule has 1 fully saturated rings. The minimum absolute atomic E-state index is 0.707. The maximum Gasteiger partial charge on any atom is 0.121 e. The summed E-state index contributed by atoms with van der Waals surface area (Å²) in [5, 5.41) is 0. The molecule has 0 amide bonds. The molecule has 0 aromatic heterocycles. The molecular formula is C13H18Br2N2O. The lowest BCUT2D eigenvalue weighted by Crippen LogP contribution is -2.33. The van der Waals surface area contributed by atoms with Gasteiger partial charge in [-0.3, -0.25) is 4.90 Å². The second kappa shape index (κ2) is 6.78. The third kappa shape index (κ3) is 3.87. The smallest absolute Gasteiger partial charge is 0.121 e. The van der Waals surface area contributed by atoms with Crippen molar-refractivity contribution in [1.82, 2.24) is 4.90 Å². The molecule has 1 saturated heterocycles. The Bertz CT molecular complexity index is 383. The molecule has 5 heteroatoms. The van der Waals surface area contributed by atoms with Crippen LogP contribution in [0, 0.1) is 0 Å². The molecule has 1 aliphatic heterocycles. The van der Waals surface area contributed by atoms with Gasteiger partial charge in [0.1, 0.15) is 12.4 Å². The fourth-order valence-electron chi connectivity index (χ4n) is 2.12. The number of rotatable bonds is 4. The van der Waals surface area contributed by atoms with E-state index >= 15 is 0 Å². The third-order valence-electron chi connectivity index (χ3n) is 3.18. The van der Waals surface area contributed by atoms with E-state index < -0.39 is 0 Å². The molecule has 18 heavy (non-hydrogen) atoms. The zero-order chi connectivity index (χ0) is 13.0. The summed E-state index contributed by atoms with van der Waals surface area (Å²) in [6.45, 7) is 4.14. The molecular weight excluding hydrogens is 360 g/mol. The van der Waals surface area contributed by atoms with Crippen molar-refractivity contribution < 1.29 is 4.74 Å². The Morgan fingerprint density at radius 2 is 1.72 bits per heavy atom. The van der Waals surface area contributed by atoms with E-state index in [1.54, 1.807) is 0 Å². The van der Waals surface area contributed by atoms with E-state index in [0.29, 0.717) is 5.69 Å². The van der Waals surface area contributed by atoms with Crippen molar-refractivity contribution in [1.29, 1.82) is 0 Å². The Hall–Kier alpha value is -0.260. The van der Waals surface area contributed by atoms with E-state index in [-0.39, 0.29) is 0 Å². The van der Waals surface area contributed by atoms with Crippen molar-refractivity contribution in [3.8, 4) is 5.75 Å². The SMILES string of the molecule is Nc1c(Br)cc(OCCN2CCCCC2)cc1Br. The summed E-state index contributed by atoms with van der Waals surface area (Å²) in [6.07, 6.45) is 4.01. The van der Waals surface area contributed by atoms with Crippen LogP contribution in [0.5, 0.6) is 5.75 Å². The van der Waals surface area contributed by atoms with E-state index in [1.807, 2.05) is 12.1 Å². The summed E-state index contributed by atoms with van der Waals surface area (Å²) in [6, 6.07) is 3.83. The average Bonchev–Trinajstić information content (AvgIpc) is 2.37. The van der Waals surface area contributed by atoms with Crippen LogP contribution in [-0.4, -0.2) is 31.1 Å². The van der Waals surface area contributed by atoms with Gasteiger partial charge in [0.25, 0.3) is 0 Å². The largest absolute Gasteiger partial charge is 0.492 e. The van der Waals surface area contributed by atoms with E-state index in [9.17, 15) is 0 Å². The number of nitrogens with zero attached hydrogens (tertiary/aromatic N) is 1. The second-order valence-corrected chi connectivity index (χ2v) is 6.26. The zero-order valence-electron chi connectivity index (χ0n) is 10.3. The third-order valence-corrected chi connectivity index (χ3v) is 4.49. The predicted molar refractivity (Wildman–Crippen MR) is 82.0 cm³/mol. The molecule has 0 aliphatic carbocycles. The highest BCUT2D eigenvalue weighted by atomic mass is 79.9. The molecule has 0 atom stereocenters. The van der Waals surface area contributed by atoms with E-state index in [1.165, 1.54) is 32.4 Å². The summed E-state index contributed by atoms with van der Waals surface area (Å²) in [7, 11) is 0. The fourth-order valence-corrected chi connectivity index (χ4v) is 3.26. The first-order valence-corrected chi connectivity index (χ1v) is 7.85. The topological polar surface area (TPSA) is 38.5 Å². The first kappa shape index (κ1) is 14.2. The van der Waals surface area contributed by atoms with Crippen molar-refractivity contribution in [3.63, 3.8) is 0 Å².